The van der Waals surface area contributed by atoms with Crippen LogP contribution in [-0.4, -0.2) is 36.1 Å². The second-order valence-electron chi connectivity index (χ2n) is 5.23. The number of benzene rings is 1. The fraction of sp³-hybridized carbons (Fsp3) is 0.500. The molecule has 3 nitrogen and oxygen atoms in total. The van der Waals surface area contributed by atoms with Gasteiger partial charge in [-0.05, 0) is 37.1 Å². The Morgan fingerprint density at radius 3 is 2.52 bits per heavy atom. The Morgan fingerprint density at radius 1 is 1.38 bits per heavy atom. The number of halogens is 4. The number of hydrogen-bond acceptors (Lipinski definition) is 2. The first kappa shape index (κ1) is 16.1. The van der Waals surface area contributed by atoms with Crippen LogP contribution in [0.5, 0.6) is 0 Å². The van der Waals surface area contributed by atoms with Crippen molar-refractivity contribution in [2.45, 2.75) is 31.0 Å². The molecule has 2 atom stereocenters. The van der Waals surface area contributed by atoms with Crippen molar-refractivity contribution in [2.75, 3.05) is 13.1 Å². The summed E-state index contributed by atoms with van der Waals surface area (Å²) < 4.78 is 37.9. The van der Waals surface area contributed by atoms with Gasteiger partial charge in [-0.15, -0.1) is 0 Å². The van der Waals surface area contributed by atoms with Crippen molar-refractivity contribution in [3.05, 3.63) is 34.9 Å². The molecule has 0 saturated carbocycles. The molecule has 21 heavy (non-hydrogen) atoms. The predicted octanol–water partition coefficient (Wildman–Crippen LogP) is 2.94. The monoisotopic (exact) mass is 320 g/mol. The van der Waals surface area contributed by atoms with Crippen molar-refractivity contribution in [1.29, 1.82) is 0 Å². The minimum absolute atomic E-state index is 0.321. The highest BCUT2D eigenvalue weighted by Gasteiger charge is 2.41. The van der Waals surface area contributed by atoms with Crippen LogP contribution in [0.2, 0.25) is 5.02 Å². The summed E-state index contributed by atoms with van der Waals surface area (Å²) in [4.78, 5) is 13.1. The number of rotatable bonds is 4. The van der Waals surface area contributed by atoms with E-state index in [4.69, 9.17) is 17.3 Å². The number of carbonyl (C=O) groups excluding carboxylic acids is 1. The summed E-state index contributed by atoms with van der Waals surface area (Å²) >= 11 is 5.80. The van der Waals surface area contributed by atoms with Crippen LogP contribution in [-0.2, 0) is 4.79 Å². The van der Waals surface area contributed by atoms with Gasteiger partial charge >= 0.3 is 6.18 Å². The van der Waals surface area contributed by atoms with E-state index in [9.17, 15) is 18.0 Å². The molecule has 2 rings (SSSR count). The molecule has 1 aliphatic rings. The number of likely N-dealkylation sites (tertiary alicyclic amines) is 1. The maximum atomic E-state index is 12.6. The molecule has 0 spiro atoms. The van der Waals surface area contributed by atoms with Gasteiger partial charge in [-0.25, -0.2) is 0 Å². The molecular formula is C14H16ClF3N2O. The number of amides is 1. The van der Waals surface area contributed by atoms with Gasteiger partial charge in [0.2, 0.25) is 5.91 Å². The molecular weight excluding hydrogens is 305 g/mol. The molecule has 1 saturated heterocycles. The van der Waals surface area contributed by atoms with E-state index in [1.165, 1.54) is 4.90 Å². The van der Waals surface area contributed by atoms with Crippen LogP contribution in [0.25, 0.3) is 0 Å². The molecule has 0 unspecified atom stereocenters. The Hall–Kier alpha value is -1.27. The minimum atomic E-state index is -4.29. The van der Waals surface area contributed by atoms with E-state index < -0.39 is 30.6 Å². The molecule has 1 amide bonds. The molecule has 0 aromatic heterocycles. The fourth-order valence-electron chi connectivity index (χ4n) is 2.90. The van der Waals surface area contributed by atoms with Crippen LogP contribution in [0.3, 0.4) is 0 Å². The van der Waals surface area contributed by atoms with Crippen LogP contribution in [0.15, 0.2) is 24.3 Å². The van der Waals surface area contributed by atoms with Crippen LogP contribution >= 0.6 is 11.6 Å². The number of primary amides is 1. The number of alkyl halides is 3. The van der Waals surface area contributed by atoms with Gasteiger partial charge in [0, 0.05) is 11.1 Å². The average molecular weight is 321 g/mol. The van der Waals surface area contributed by atoms with Crippen molar-refractivity contribution in [3.63, 3.8) is 0 Å². The molecule has 116 valence electrons. The quantitative estimate of drug-likeness (QED) is 0.927. The van der Waals surface area contributed by atoms with Crippen molar-refractivity contribution in [3.8, 4) is 0 Å². The summed E-state index contributed by atoms with van der Waals surface area (Å²) in [6, 6.07) is 5.97. The van der Waals surface area contributed by atoms with Gasteiger partial charge in [-0.2, -0.15) is 13.2 Å². The van der Waals surface area contributed by atoms with E-state index >= 15 is 0 Å². The lowest BCUT2D eigenvalue weighted by Crippen LogP contribution is -2.44. The van der Waals surface area contributed by atoms with Crippen LogP contribution in [0, 0.1) is 0 Å². The highest BCUT2D eigenvalue weighted by molar-refractivity contribution is 6.30. The molecule has 0 aliphatic carbocycles. The smallest absolute Gasteiger partial charge is 0.369 e. The van der Waals surface area contributed by atoms with Gasteiger partial charge in [0.1, 0.15) is 0 Å². The van der Waals surface area contributed by atoms with Gasteiger partial charge in [0.15, 0.2) is 0 Å². The third-order valence-corrected chi connectivity index (χ3v) is 3.97. The molecule has 0 radical (unpaired) electrons. The molecule has 7 heteroatoms. The zero-order valence-electron chi connectivity index (χ0n) is 11.2. The maximum Gasteiger partial charge on any atom is 0.401 e. The number of nitrogens with zero attached hydrogens (tertiary/aromatic N) is 1. The van der Waals surface area contributed by atoms with Crippen molar-refractivity contribution in [1.82, 2.24) is 4.90 Å². The summed E-state index contributed by atoms with van der Waals surface area (Å²) in [5, 5.41) is 0.500. The first-order chi connectivity index (χ1) is 9.78. The van der Waals surface area contributed by atoms with E-state index in [-0.39, 0.29) is 0 Å². The molecule has 2 N–H and O–H groups in total. The summed E-state index contributed by atoms with van der Waals surface area (Å²) in [5.74, 6) is -1.37. The zero-order chi connectivity index (χ0) is 15.6. The Kier molecular flexibility index (Phi) is 4.78. The topological polar surface area (TPSA) is 46.3 Å². The molecule has 1 aliphatic heterocycles. The number of carbonyl (C=O) groups is 1. The second kappa shape index (κ2) is 6.23. The average Bonchev–Trinajstić information content (AvgIpc) is 2.77. The summed E-state index contributed by atoms with van der Waals surface area (Å²) in [5.41, 5.74) is 6.04. The Balaban J connectivity index is 2.25. The third kappa shape index (κ3) is 4.11. The van der Waals surface area contributed by atoms with E-state index in [2.05, 4.69) is 0 Å². The Morgan fingerprint density at radius 2 is 2.00 bits per heavy atom. The lowest BCUT2D eigenvalue weighted by atomic mass is 9.89. The Bertz CT molecular complexity index is 504. The zero-order valence-corrected chi connectivity index (χ0v) is 12.0. The summed E-state index contributed by atoms with van der Waals surface area (Å²) in [6.07, 6.45) is -3.14. The SMILES string of the molecule is NC(=O)[C@@H](c1ccc(Cl)cc1)[C@@H]1CCCN1CC(F)(F)F. The van der Waals surface area contributed by atoms with Gasteiger partial charge < -0.3 is 5.73 Å². The van der Waals surface area contributed by atoms with Gasteiger partial charge in [0.05, 0.1) is 12.5 Å². The van der Waals surface area contributed by atoms with Crippen LogP contribution in [0.4, 0.5) is 13.2 Å². The summed E-state index contributed by atoms with van der Waals surface area (Å²) in [7, 11) is 0. The first-order valence-electron chi connectivity index (χ1n) is 6.63. The third-order valence-electron chi connectivity index (χ3n) is 3.72. The van der Waals surface area contributed by atoms with E-state index in [0.29, 0.717) is 30.0 Å². The standard InChI is InChI=1S/C14H16ClF3N2O/c15-10-5-3-9(4-6-10)12(13(19)21)11-2-1-7-20(11)8-14(16,17)18/h3-6,11-12H,1-2,7-8H2,(H2,19,21)/t11-,12-/m0/s1. The van der Waals surface area contributed by atoms with Gasteiger partial charge in [-0.3, -0.25) is 9.69 Å². The highest BCUT2D eigenvalue weighted by atomic mass is 35.5. The number of hydrogen-bond donors (Lipinski definition) is 1. The maximum absolute atomic E-state index is 12.6. The van der Waals surface area contributed by atoms with Crippen molar-refractivity contribution < 1.29 is 18.0 Å². The summed E-state index contributed by atoms with van der Waals surface area (Å²) in [6.45, 7) is -0.698. The van der Waals surface area contributed by atoms with Gasteiger partial charge in [0.25, 0.3) is 0 Å². The first-order valence-corrected chi connectivity index (χ1v) is 7.01. The molecule has 1 heterocycles. The van der Waals surface area contributed by atoms with E-state index in [0.717, 1.165) is 0 Å². The lowest BCUT2D eigenvalue weighted by molar-refractivity contribution is -0.150. The molecule has 1 aromatic carbocycles. The fourth-order valence-corrected chi connectivity index (χ4v) is 3.03. The van der Waals surface area contributed by atoms with E-state index in [1.807, 2.05) is 0 Å². The molecule has 1 fully saturated rings. The normalized spacial score (nSPS) is 21.4. The lowest BCUT2D eigenvalue weighted by Gasteiger charge is -2.30. The van der Waals surface area contributed by atoms with Crippen molar-refractivity contribution in [2.24, 2.45) is 5.73 Å². The predicted molar refractivity (Wildman–Crippen MR) is 74.0 cm³/mol. The number of nitrogens with two attached hydrogens (primary N) is 1. The Labute approximate surface area is 125 Å². The van der Waals surface area contributed by atoms with Gasteiger partial charge in [-0.1, -0.05) is 23.7 Å². The van der Waals surface area contributed by atoms with Crippen molar-refractivity contribution >= 4 is 17.5 Å². The van der Waals surface area contributed by atoms with Crippen LogP contribution in [0.1, 0.15) is 24.3 Å². The largest absolute Gasteiger partial charge is 0.401 e. The highest BCUT2D eigenvalue weighted by Crippen LogP contribution is 2.33. The molecule has 1 aromatic rings. The van der Waals surface area contributed by atoms with Crippen LogP contribution < -0.4 is 5.73 Å². The molecule has 0 bridgehead atoms. The minimum Gasteiger partial charge on any atom is -0.369 e. The second-order valence-corrected chi connectivity index (χ2v) is 5.66. The van der Waals surface area contributed by atoms with E-state index in [1.54, 1.807) is 24.3 Å².